The quantitative estimate of drug-likeness (QED) is 0.730. The van der Waals surface area contributed by atoms with Crippen LogP contribution in [-0.2, 0) is 21.2 Å². The van der Waals surface area contributed by atoms with Gasteiger partial charge in [-0.1, -0.05) is 29.8 Å². The van der Waals surface area contributed by atoms with Crippen molar-refractivity contribution in [2.75, 3.05) is 12.3 Å². The lowest BCUT2D eigenvalue weighted by atomic mass is 10.1. The minimum absolute atomic E-state index is 0.113. The molecule has 0 aliphatic carbocycles. The first-order valence-electron chi connectivity index (χ1n) is 5.69. The molecule has 0 aromatic heterocycles. The Morgan fingerprint density at radius 2 is 2.11 bits per heavy atom. The standard InChI is InChI=1S/C12H18N2O3S/c1-10-4-2-5-11(8-10)9-12(15)14-6-3-7-18(13,16)17/h2,4-5,8H,3,6-7,9H2,1H3,(H,14,15)(H2,13,16,17). The Morgan fingerprint density at radius 3 is 2.72 bits per heavy atom. The summed E-state index contributed by atoms with van der Waals surface area (Å²) in [6.07, 6.45) is 0.634. The molecular formula is C12H18N2O3S. The van der Waals surface area contributed by atoms with E-state index in [1.807, 2.05) is 31.2 Å². The van der Waals surface area contributed by atoms with E-state index >= 15 is 0 Å². The molecule has 100 valence electrons. The van der Waals surface area contributed by atoms with E-state index in [4.69, 9.17) is 5.14 Å². The first-order chi connectivity index (χ1) is 8.37. The third-order valence-electron chi connectivity index (χ3n) is 2.37. The third-order valence-corrected chi connectivity index (χ3v) is 3.23. The number of nitrogens with one attached hydrogen (secondary N) is 1. The maximum Gasteiger partial charge on any atom is 0.224 e. The van der Waals surface area contributed by atoms with E-state index < -0.39 is 10.0 Å². The summed E-state index contributed by atoms with van der Waals surface area (Å²) in [7, 11) is -3.44. The summed E-state index contributed by atoms with van der Waals surface area (Å²) in [5.74, 6) is -0.229. The summed E-state index contributed by atoms with van der Waals surface area (Å²) in [6, 6.07) is 7.70. The number of benzene rings is 1. The zero-order valence-electron chi connectivity index (χ0n) is 10.3. The number of carbonyl (C=O) groups is 1. The fourth-order valence-corrected chi connectivity index (χ4v) is 2.12. The second-order valence-electron chi connectivity index (χ2n) is 4.24. The summed E-state index contributed by atoms with van der Waals surface area (Å²) in [6.45, 7) is 2.29. The van der Waals surface area contributed by atoms with Gasteiger partial charge in [-0.3, -0.25) is 4.79 Å². The van der Waals surface area contributed by atoms with Crippen molar-refractivity contribution in [3.63, 3.8) is 0 Å². The van der Waals surface area contributed by atoms with Crippen LogP contribution in [0.4, 0.5) is 0 Å². The fourth-order valence-electron chi connectivity index (χ4n) is 1.57. The van der Waals surface area contributed by atoms with Crippen molar-refractivity contribution >= 4 is 15.9 Å². The number of primary sulfonamides is 1. The SMILES string of the molecule is Cc1cccc(CC(=O)NCCCS(N)(=O)=O)c1. The van der Waals surface area contributed by atoms with Gasteiger partial charge in [-0.2, -0.15) is 0 Å². The number of rotatable bonds is 6. The van der Waals surface area contributed by atoms with E-state index in [1.165, 1.54) is 0 Å². The van der Waals surface area contributed by atoms with Crippen LogP contribution in [0, 0.1) is 6.92 Å². The van der Waals surface area contributed by atoms with Crippen molar-refractivity contribution in [1.29, 1.82) is 0 Å². The first kappa shape index (κ1) is 14.7. The molecular weight excluding hydrogens is 252 g/mol. The Morgan fingerprint density at radius 1 is 1.39 bits per heavy atom. The lowest BCUT2D eigenvalue weighted by molar-refractivity contribution is -0.120. The van der Waals surface area contributed by atoms with E-state index in [-0.39, 0.29) is 11.7 Å². The monoisotopic (exact) mass is 270 g/mol. The molecule has 18 heavy (non-hydrogen) atoms. The number of nitrogens with two attached hydrogens (primary N) is 1. The highest BCUT2D eigenvalue weighted by Crippen LogP contribution is 2.04. The average molecular weight is 270 g/mol. The molecule has 1 aromatic carbocycles. The number of aryl methyl sites for hydroxylation is 1. The minimum Gasteiger partial charge on any atom is -0.356 e. The van der Waals surface area contributed by atoms with Gasteiger partial charge >= 0.3 is 0 Å². The van der Waals surface area contributed by atoms with Crippen LogP contribution in [0.2, 0.25) is 0 Å². The zero-order valence-corrected chi connectivity index (χ0v) is 11.2. The van der Waals surface area contributed by atoms with Gasteiger partial charge in [0.15, 0.2) is 0 Å². The van der Waals surface area contributed by atoms with Gasteiger partial charge in [0, 0.05) is 6.54 Å². The summed E-state index contributed by atoms with van der Waals surface area (Å²) >= 11 is 0. The van der Waals surface area contributed by atoms with Crippen molar-refractivity contribution < 1.29 is 13.2 Å². The molecule has 1 rings (SSSR count). The molecule has 5 nitrogen and oxygen atoms in total. The fraction of sp³-hybridized carbons (Fsp3) is 0.417. The molecule has 3 N–H and O–H groups in total. The number of hydrogen-bond donors (Lipinski definition) is 2. The van der Waals surface area contributed by atoms with Gasteiger partial charge in [0.1, 0.15) is 0 Å². The van der Waals surface area contributed by atoms with Gasteiger partial charge in [-0.05, 0) is 18.9 Å². The van der Waals surface area contributed by atoms with Gasteiger partial charge in [-0.25, -0.2) is 13.6 Å². The van der Waals surface area contributed by atoms with Crippen molar-refractivity contribution in [3.05, 3.63) is 35.4 Å². The highest BCUT2D eigenvalue weighted by Gasteiger charge is 2.05. The predicted molar refractivity (Wildman–Crippen MR) is 70.5 cm³/mol. The highest BCUT2D eigenvalue weighted by atomic mass is 32.2. The Labute approximate surface area is 107 Å². The van der Waals surface area contributed by atoms with E-state index in [2.05, 4.69) is 5.32 Å². The highest BCUT2D eigenvalue weighted by molar-refractivity contribution is 7.89. The number of amides is 1. The molecule has 0 atom stereocenters. The minimum atomic E-state index is -3.44. The summed E-state index contributed by atoms with van der Waals surface area (Å²) in [5, 5.41) is 7.52. The van der Waals surface area contributed by atoms with Gasteiger partial charge < -0.3 is 5.32 Å². The molecule has 0 radical (unpaired) electrons. The second kappa shape index (κ2) is 6.51. The molecule has 0 saturated carbocycles. The van der Waals surface area contributed by atoms with E-state index in [0.717, 1.165) is 11.1 Å². The number of hydrogen-bond acceptors (Lipinski definition) is 3. The van der Waals surface area contributed by atoms with Crippen LogP contribution < -0.4 is 10.5 Å². The van der Waals surface area contributed by atoms with Gasteiger partial charge in [0.2, 0.25) is 15.9 Å². The van der Waals surface area contributed by atoms with Crippen LogP contribution in [0.3, 0.4) is 0 Å². The zero-order chi connectivity index (χ0) is 13.6. The largest absolute Gasteiger partial charge is 0.356 e. The maximum absolute atomic E-state index is 11.6. The predicted octanol–water partition coefficient (Wildman–Crippen LogP) is 0.332. The lowest BCUT2D eigenvalue weighted by Crippen LogP contribution is -2.28. The van der Waals surface area contributed by atoms with Crippen molar-refractivity contribution in [3.8, 4) is 0 Å². The Hall–Kier alpha value is -1.40. The molecule has 0 bridgehead atoms. The number of sulfonamides is 1. The van der Waals surface area contributed by atoms with Gasteiger partial charge in [-0.15, -0.1) is 0 Å². The molecule has 0 heterocycles. The molecule has 0 aliphatic heterocycles. The average Bonchev–Trinajstić information content (AvgIpc) is 2.23. The Kier molecular flexibility index (Phi) is 5.30. The third kappa shape index (κ3) is 6.36. The first-order valence-corrected chi connectivity index (χ1v) is 7.41. The molecule has 0 saturated heterocycles. The molecule has 6 heteroatoms. The summed E-state index contributed by atoms with van der Waals surface area (Å²) in [4.78, 5) is 11.6. The van der Waals surface area contributed by atoms with E-state index in [0.29, 0.717) is 19.4 Å². The van der Waals surface area contributed by atoms with Crippen LogP contribution in [-0.4, -0.2) is 26.6 Å². The summed E-state index contributed by atoms with van der Waals surface area (Å²) in [5.41, 5.74) is 2.05. The Bertz CT molecular complexity index is 512. The van der Waals surface area contributed by atoms with E-state index in [1.54, 1.807) is 0 Å². The molecule has 1 aromatic rings. The number of carbonyl (C=O) groups excluding carboxylic acids is 1. The van der Waals surface area contributed by atoms with Crippen LogP contribution in [0.15, 0.2) is 24.3 Å². The van der Waals surface area contributed by atoms with Gasteiger partial charge in [0.05, 0.1) is 12.2 Å². The molecule has 0 unspecified atom stereocenters. The van der Waals surface area contributed by atoms with E-state index in [9.17, 15) is 13.2 Å². The normalized spacial score (nSPS) is 11.2. The van der Waals surface area contributed by atoms with Gasteiger partial charge in [0.25, 0.3) is 0 Å². The molecule has 0 spiro atoms. The molecule has 0 fully saturated rings. The molecule has 0 aliphatic rings. The Balaban J connectivity index is 2.30. The smallest absolute Gasteiger partial charge is 0.224 e. The van der Waals surface area contributed by atoms with Crippen LogP contribution in [0.25, 0.3) is 0 Å². The lowest BCUT2D eigenvalue weighted by Gasteiger charge is -2.05. The van der Waals surface area contributed by atoms with Crippen LogP contribution in [0.1, 0.15) is 17.5 Å². The summed E-state index contributed by atoms with van der Waals surface area (Å²) < 4.78 is 21.3. The van der Waals surface area contributed by atoms with Crippen molar-refractivity contribution in [2.24, 2.45) is 5.14 Å². The van der Waals surface area contributed by atoms with Crippen molar-refractivity contribution in [2.45, 2.75) is 19.8 Å². The van der Waals surface area contributed by atoms with Crippen LogP contribution in [0.5, 0.6) is 0 Å². The maximum atomic E-state index is 11.6. The topological polar surface area (TPSA) is 89.3 Å². The second-order valence-corrected chi connectivity index (χ2v) is 5.97. The van der Waals surface area contributed by atoms with Crippen LogP contribution >= 0.6 is 0 Å². The van der Waals surface area contributed by atoms with Crippen molar-refractivity contribution in [1.82, 2.24) is 5.32 Å². The molecule has 1 amide bonds.